The maximum atomic E-state index is 12.0. The van der Waals surface area contributed by atoms with Gasteiger partial charge in [0, 0.05) is 5.56 Å². The predicted octanol–water partition coefficient (Wildman–Crippen LogP) is 2.00. The Bertz CT molecular complexity index is 981. The molecule has 0 fully saturated rings. The summed E-state index contributed by atoms with van der Waals surface area (Å²) < 4.78 is 10.2. The number of carbonyl (C=O) groups excluding carboxylic acids is 2. The first-order valence-electron chi connectivity index (χ1n) is 7.78. The van der Waals surface area contributed by atoms with Crippen LogP contribution in [0.25, 0.3) is 11.4 Å². The predicted molar refractivity (Wildman–Crippen MR) is 91.4 cm³/mol. The molecule has 3 rings (SSSR count). The number of para-hydroxylation sites is 1. The molecule has 0 N–H and O–H groups in total. The van der Waals surface area contributed by atoms with Gasteiger partial charge in [0.1, 0.15) is 11.5 Å². The van der Waals surface area contributed by atoms with Crippen LogP contribution in [0.2, 0.25) is 0 Å². The third kappa shape index (κ3) is 3.75. The van der Waals surface area contributed by atoms with Crippen molar-refractivity contribution < 1.29 is 19.1 Å². The molecule has 0 aliphatic carbocycles. The van der Waals surface area contributed by atoms with Crippen molar-refractivity contribution >= 4 is 11.9 Å². The van der Waals surface area contributed by atoms with Crippen molar-refractivity contribution in [2.45, 2.75) is 13.8 Å². The van der Waals surface area contributed by atoms with Crippen LogP contribution in [0.5, 0.6) is 11.5 Å². The van der Waals surface area contributed by atoms with E-state index in [1.165, 1.54) is 4.80 Å². The summed E-state index contributed by atoms with van der Waals surface area (Å²) >= 11 is 0. The third-order valence-corrected chi connectivity index (χ3v) is 3.61. The van der Waals surface area contributed by atoms with Gasteiger partial charge in [-0.05, 0) is 54.5 Å². The number of tetrazole rings is 1. The van der Waals surface area contributed by atoms with E-state index in [4.69, 9.17) is 9.47 Å². The molecule has 0 spiro atoms. The van der Waals surface area contributed by atoms with Crippen LogP contribution in [-0.4, -0.2) is 32.1 Å². The Morgan fingerprint density at radius 2 is 1.58 bits per heavy atom. The SMILES string of the molecule is Cc1ccccc1OC(=O)C(=O)Oc1ccc(-c2nnn(C)n2)cc1C. The Kier molecular flexibility index (Phi) is 4.74. The van der Waals surface area contributed by atoms with Crippen LogP contribution in [0.3, 0.4) is 0 Å². The van der Waals surface area contributed by atoms with Crippen LogP contribution in [0.15, 0.2) is 42.5 Å². The van der Waals surface area contributed by atoms with E-state index in [9.17, 15) is 9.59 Å². The van der Waals surface area contributed by atoms with Crippen LogP contribution in [0.1, 0.15) is 11.1 Å². The Morgan fingerprint density at radius 1 is 0.923 bits per heavy atom. The molecule has 2 aromatic carbocycles. The maximum Gasteiger partial charge on any atom is 0.423 e. The van der Waals surface area contributed by atoms with Gasteiger partial charge in [0.2, 0.25) is 5.82 Å². The van der Waals surface area contributed by atoms with Crippen molar-refractivity contribution in [1.82, 2.24) is 20.2 Å². The molecule has 3 aromatic rings. The van der Waals surface area contributed by atoms with Gasteiger partial charge < -0.3 is 9.47 Å². The van der Waals surface area contributed by atoms with Crippen LogP contribution in [-0.2, 0) is 16.6 Å². The van der Waals surface area contributed by atoms with Gasteiger partial charge in [-0.2, -0.15) is 4.80 Å². The van der Waals surface area contributed by atoms with Crippen LogP contribution >= 0.6 is 0 Å². The second kappa shape index (κ2) is 7.14. The minimum absolute atomic E-state index is 0.254. The highest BCUT2D eigenvalue weighted by atomic mass is 16.6. The zero-order valence-corrected chi connectivity index (χ0v) is 14.5. The molecule has 8 heteroatoms. The second-order valence-electron chi connectivity index (χ2n) is 5.63. The molecule has 0 unspecified atom stereocenters. The van der Waals surface area contributed by atoms with Crippen LogP contribution < -0.4 is 9.47 Å². The topological polar surface area (TPSA) is 96.2 Å². The molecule has 1 aromatic heterocycles. The monoisotopic (exact) mass is 352 g/mol. The summed E-state index contributed by atoms with van der Waals surface area (Å²) in [5, 5.41) is 11.8. The number of ether oxygens (including phenoxy) is 2. The lowest BCUT2D eigenvalue weighted by atomic mass is 10.1. The van der Waals surface area contributed by atoms with Gasteiger partial charge in [-0.25, -0.2) is 9.59 Å². The number of carbonyl (C=O) groups is 2. The van der Waals surface area contributed by atoms with Crippen molar-refractivity contribution in [2.24, 2.45) is 7.05 Å². The summed E-state index contributed by atoms with van der Waals surface area (Å²) in [6, 6.07) is 11.9. The molecule has 1 heterocycles. The van der Waals surface area contributed by atoms with E-state index in [2.05, 4.69) is 15.4 Å². The molecule has 0 saturated heterocycles. The molecule has 132 valence electrons. The van der Waals surface area contributed by atoms with E-state index in [0.29, 0.717) is 17.1 Å². The number of hydrogen-bond donors (Lipinski definition) is 0. The molecule has 0 amide bonds. The summed E-state index contributed by atoms with van der Waals surface area (Å²) in [7, 11) is 1.67. The molecule has 0 aliphatic heterocycles. The molecule has 0 aliphatic rings. The normalized spacial score (nSPS) is 10.4. The Labute approximate surface area is 149 Å². The summed E-state index contributed by atoms with van der Waals surface area (Å²) in [5.41, 5.74) is 2.11. The van der Waals surface area contributed by atoms with E-state index in [-0.39, 0.29) is 5.75 Å². The standard InChI is InChI=1S/C18H16N4O4/c1-11-6-4-5-7-14(11)25-17(23)18(24)26-15-9-8-13(10-12(15)2)16-19-21-22(3)20-16/h4-10H,1-3H3. The summed E-state index contributed by atoms with van der Waals surface area (Å²) in [4.78, 5) is 25.3. The quantitative estimate of drug-likeness (QED) is 0.404. The Morgan fingerprint density at radius 3 is 2.15 bits per heavy atom. The second-order valence-corrected chi connectivity index (χ2v) is 5.63. The van der Waals surface area contributed by atoms with Gasteiger partial charge in [-0.1, -0.05) is 18.2 Å². The van der Waals surface area contributed by atoms with E-state index < -0.39 is 11.9 Å². The summed E-state index contributed by atoms with van der Waals surface area (Å²) in [5.74, 6) is -1.16. The molecule has 0 atom stereocenters. The Balaban J connectivity index is 1.71. The molecule has 0 saturated carbocycles. The van der Waals surface area contributed by atoms with Crippen molar-refractivity contribution in [1.29, 1.82) is 0 Å². The van der Waals surface area contributed by atoms with Gasteiger partial charge in [0.05, 0.1) is 7.05 Å². The first-order chi connectivity index (χ1) is 12.4. The number of hydrogen-bond acceptors (Lipinski definition) is 7. The number of esters is 2. The largest absolute Gasteiger partial charge is 0.423 e. The highest BCUT2D eigenvalue weighted by molar-refractivity contribution is 6.31. The van der Waals surface area contributed by atoms with Gasteiger partial charge >= 0.3 is 11.9 Å². The van der Waals surface area contributed by atoms with E-state index in [1.807, 2.05) is 6.07 Å². The number of nitrogens with zero attached hydrogens (tertiary/aromatic N) is 4. The van der Waals surface area contributed by atoms with Crippen molar-refractivity contribution in [3.8, 4) is 22.9 Å². The van der Waals surface area contributed by atoms with E-state index >= 15 is 0 Å². The van der Waals surface area contributed by atoms with Gasteiger partial charge in [-0.3, -0.25) is 0 Å². The summed E-state index contributed by atoms with van der Waals surface area (Å²) in [6.45, 7) is 3.52. The van der Waals surface area contributed by atoms with Gasteiger partial charge in [0.15, 0.2) is 0 Å². The molecule has 0 radical (unpaired) electrons. The van der Waals surface area contributed by atoms with Crippen LogP contribution in [0.4, 0.5) is 0 Å². The Hall–Kier alpha value is -3.55. The fourth-order valence-corrected chi connectivity index (χ4v) is 2.26. The van der Waals surface area contributed by atoms with E-state index in [0.717, 1.165) is 11.1 Å². The average Bonchev–Trinajstić information content (AvgIpc) is 3.05. The molecular weight excluding hydrogens is 336 g/mol. The van der Waals surface area contributed by atoms with Gasteiger partial charge in [-0.15, -0.1) is 10.2 Å². The maximum absolute atomic E-state index is 12.0. The van der Waals surface area contributed by atoms with Gasteiger partial charge in [0.25, 0.3) is 0 Å². The summed E-state index contributed by atoms with van der Waals surface area (Å²) in [6.07, 6.45) is 0. The minimum Gasteiger partial charge on any atom is -0.418 e. The highest BCUT2D eigenvalue weighted by Crippen LogP contribution is 2.24. The van der Waals surface area contributed by atoms with Crippen molar-refractivity contribution in [3.05, 3.63) is 53.6 Å². The third-order valence-electron chi connectivity index (χ3n) is 3.61. The van der Waals surface area contributed by atoms with Crippen LogP contribution in [0, 0.1) is 13.8 Å². The first kappa shape index (κ1) is 17.3. The van der Waals surface area contributed by atoms with Crippen molar-refractivity contribution in [2.75, 3.05) is 0 Å². The fourth-order valence-electron chi connectivity index (χ4n) is 2.26. The molecule has 8 nitrogen and oxygen atoms in total. The minimum atomic E-state index is -1.10. The lowest BCUT2D eigenvalue weighted by Crippen LogP contribution is -2.26. The number of benzene rings is 2. The molecule has 26 heavy (non-hydrogen) atoms. The number of rotatable bonds is 3. The fraction of sp³-hybridized carbons (Fsp3) is 0.167. The average molecular weight is 352 g/mol. The number of aromatic nitrogens is 4. The first-order valence-corrected chi connectivity index (χ1v) is 7.78. The van der Waals surface area contributed by atoms with Crippen molar-refractivity contribution in [3.63, 3.8) is 0 Å². The van der Waals surface area contributed by atoms with E-state index in [1.54, 1.807) is 57.3 Å². The number of aryl methyl sites for hydroxylation is 3. The molecule has 0 bridgehead atoms. The lowest BCUT2D eigenvalue weighted by molar-refractivity contribution is -0.156. The lowest BCUT2D eigenvalue weighted by Gasteiger charge is -2.09. The smallest absolute Gasteiger partial charge is 0.418 e. The zero-order chi connectivity index (χ0) is 18.7. The highest BCUT2D eigenvalue weighted by Gasteiger charge is 2.21. The zero-order valence-electron chi connectivity index (χ0n) is 14.5. The molecular formula is C18H16N4O4.